The van der Waals surface area contributed by atoms with Crippen molar-refractivity contribution in [2.45, 2.75) is 76.0 Å². The van der Waals surface area contributed by atoms with Crippen molar-refractivity contribution in [2.75, 3.05) is 6.54 Å². The summed E-state index contributed by atoms with van der Waals surface area (Å²) in [5, 5.41) is 0. The van der Waals surface area contributed by atoms with Gasteiger partial charge in [0.25, 0.3) is 0 Å². The van der Waals surface area contributed by atoms with Gasteiger partial charge in [0.1, 0.15) is 0 Å². The molecule has 0 aliphatic heterocycles. The van der Waals surface area contributed by atoms with E-state index >= 15 is 0 Å². The highest BCUT2D eigenvalue weighted by molar-refractivity contribution is 14.1. The van der Waals surface area contributed by atoms with Crippen molar-refractivity contribution in [1.29, 1.82) is 0 Å². The minimum atomic E-state index is -3.39. The highest BCUT2D eigenvalue weighted by Gasteiger charge is 2.17. The second-order valence-corrected chi connectivity index (χ2v) is 10.3. The maximum Gasteiger partial charge on any atom is 0.241 e. The number of unbranched alkanes of at least 4 members (excludes halogenated alkanes) is 9. The predicted molar refractivity (Wildman–Crippen MR) is 119 cm³/mol. The second kappa shape index (κ2) is 12.9. The van der Waals surface area contributed by atoms with Gasteiger partial charge in [0.2, 0.25) is 10.0 Å². The summed E-state index contributed by atoms with van der Waals surface area (Å²) in [6.45, 7) is 2.77. The van der Waals surface area contributed by atoms with E-state index in [0.29, 0.717) is 11.4 Å². The summed E-state index contributed by atoms with van der Waals surface area (Å²) in [6.07, 6.45) is 12.5. The van der Waals surface area contributed by atoms with Crippen molar-refractivity contribution in [3.05, 3.63) is 25.3 Å². The Labute approximate surface area is 175 Å². The number of rotatable bonds is 13. The van der Waals surface area contributed by atoms with Gasteiger partial charge in [-0.05, 0) is 69.8 Å². The summed E-state index contributed by atoms with van der Waals surface area (Å²) in [6, 6.07) is 5.49. The molecule has 1 aromatic carbocycles. The van der Waals surface area contributed by atoms with Crippen LogP contribution in [0, 0.1) is 7.14 Å². The van der Waals surface area contributed by atoms with Crippen molar-refractivity contribution in [3.63, 3.8) is 0 Å². The van der Waals surface area contributed by atoms with Crippen LogP contribution < -0.4 is 4.72 Å². The van der Waals surface area contributed by atoms with Gasteiger partial charge in [-0.25, -0.2) is 13.1 Å². The smallest absolute Gasteiger partial charge is 0.211 e. The summed E-state index contributed by atoms with van der Waals surface area (Å²) < 4.78 is 29.1. The van der Waals surface area contributed by atoms with Crippen LogP contribution >= 0.6 is 45.2 Å². The van der Waals surface area contributed by atoms with Crippen LogP contribution in [0.25, 0.3) is 0 Å². The molecule has 6 heteroatoms. The summed E-state index contributed by atoms with van der Waals surface area (Å²) in [5.41, 5.74) is 0. The number of hydrogen-bond acceptors (Lipinski definition) is 2. The Morgan fingerprint density at radius 1 is 0.875 bits per heavy atom. The van der Waals surface area contributed by atoms with E-state index in [1.165, 1.54) is 51.4 Å². The number of benzene rings is 1. The normalized spacial score (nSPS) is 11.8. The summed E-state index contributed by atoms with van der Waals surface area (Å²) in [4.78, 5) is 0.391. The molecule has 0 saturated heterocycles. The van der Waals surface area contributed by atoms with Crippen molar-refractivity contribution >= 4 is 55.2 Å². The first-order chi connectivity index (χ1) is 11.5. The van der Waals surface area contributed by atoms with E-state index in [9.17, 15) is 8.42 Å². The highest BCUT2D eigenvalue weighted by atomic mass is 127. The molecule has 0 atom stereocenters. The molecule has 0 amide bonds. The Morgan fingerprint density at radius 2 is 1.42 bits per heavy atom. The fourth-order valence-electron chi connectivity index (χ4n) is 2.58. The van der Waals surface area contributed by atoms with Gasteiger partial charge in [-0.2, -0.15) is 0 Å². The maximum atomic E-state index is 12.3. The quantitative estimate of drug-likeness (QED) is 0.228. The van der Waals surface area contributed by atoms with E-state index in [0.717, 1.165) is 20.0 Å². The van der Waals surface area contributed by atoms with Crippen molar-refractivity contribution in [2.24, 2.45) is 0 Å². The number of hydrogen-bond donors (Lipinski definition) is 1. The third kappa shape index (κ3) is 9.33. The van der Waals surface area contributed by atoms with E-state index < -0.39 is 10.0 Å². The van der Waals surface area contributed by atoms with Crippen molar-refractivity contribution in [3.8, 4) is 0 Å². The molecular formula is C18H29I2NO2S. The Bertz CT molecular complexity index is 576. The lowest BCUT2D eigenvalue weighted by atomic mass is 10.1. The maximum absolute atomic E-state index is 12.3. The van der Waals surface area contributed by atoms with Crippen molar-refractivity contribution < 1.29 is 8.42 Å². The van der Waals surface area contributed by atoms with Crippen LogP contribution in [0.4, 0.5) is 0 Å². The fourth-order valence-corrected chi connectivity index (χ4v) is 5.66. The topological polar surface area (TPSA) is 46.2 Å². The van der Waals surface area contributed by atoms with Crippen molar-refractivity contribution in [1.82, 2.24) is 4.72 Å². The highest BCUT2D eigenvalue weighted by Crippen LogP contribution is 2.20. The molecule has 1 rings (SSSR count). The van der Waals surface area contributed by atoms with Gasteiger partial charge < -0.3 is 0 Å². The van der Waals surface area contributed by atoms with Crippen LogP contribution in [-0.2, 0) is 10.0 Å². The number of halogens is 2. The number of nitrogens with one attached hydrogen (secondary N) is 1. The van der Waals surface area contributed by atoms with Gasteiger partial charge in [-0.3, -0.25) is 0 Å². The van der Waals surface area contributed by atoms with E-state index in [-0.39, 0.29) is 0 Å². The standard InChI is InChI=1S/C18H29I2NO2S/c1-2-3-4-5-6-7-8-9-10-11-14-21-24(22,23)18-15-16(19)12-13-17(18)20/h12-13,15,21H,2-11,14H2,1H3. The molecule has 0 aromatic heterocycles. The molecule has 0 heterocycles. The first-order valence-electron chi connectivity index (χ1n) is 8.92. The molecule has 3 nitrogen and oxygen atoms in total. The molecule has 1 N–H and O–H groups in total. The zero-order valence-corrected chi connectivity index (χ0v) is 19.6. The van der Waals surface area contributed by atoms with Crippen LogP contribution in [-0.4, -0.2) is 15.0 Å². The first kappa shape index (κ1) is 22.6. The van der Waals surface area contributed by atoms with Crippen LogP contribution in [0.5, 0.6) is 0 Å². The van der Waals surface area contributed by atoms with Gasteiger partial charge >= 0.3 is 0 Å². The lowest BCUT2D eigenvalue weighted by molar-refractivity contribution is 0.549. The molecule has 0 aliphatic rings. The van der Waals surface area contributed by atoms with Crippen LogP contribution in [0.1, 0.15) is 71.1 Å². The lowest BCUT2D eigenvalue weighted by Crippen LogP contribution is -2.25. The molecule has 0 fully saturated rings. The zero-order chi connectivity index (χ0) is 17.8. The molecule has 24 heavy (non-hydrogen) atoms. The molecule has 0 saturated carbocycles. The molecule has 0 unspecified atom stereocenters. The van der Waals surface area contributed by atoms with Crippen LogP contribution in [0.15, 0.2) is 23.1 Å². The molecule has 0 radical (unpaired) electrons. The molecule has 138 valence electrons. The Hall–Kier alpha value is 0.590. The van der Waals surface area contributed by atoms with E-state index in [1.807, 2.05) is 12.1 Å². The lowest BCUT2D eigenvalue weighted by Gasteiger charge is -2.09. The SMILES string of the molecule is CCCCCCCCCCCCNS(=O)(=O)c1cc(I)ccc1I. The van der Waals surface area contributed by atoms with Gasteiger partial charge in [-0.15, -0.1) is 0 Å². The monoisotopic (exact) mass is 577 g/mol. The van der Waals surface area contributed by atoms with Gasteiger partial charge in [-0.1, -0.05) is 64.7 Å². The average Bonchev–Trinajstić information content (AvgIpc) is 2.54. The molecule has 0 spiro atoms. The minimum absolute atomic E-state index is 0.391. The van der Waals surface area contributed by atoms with Gasteiger partial charge in [0.15, 0.2) is 0 Å². The Balaban J connectivity index is 2.15. The van der Waals surface area contributed by atoms with Gasteiger partial charge in [0.05, 0.1) is 4.90 Å². The summed E-state index contributed by atoms with van der Waals surface area (Å²) in [5.74, 6) is 0. The first-order valence-corrected chi connectivity index (χ1v) is 12.6. The zero-order valence-electron chi connectivity index (χ0n) is 14.5. The third-order valence-electron chi connectivity index (χ3n) is 4.01. The fraction of sp³-hybridized carbons (Fsp3) is 0.667. The molecule has 0 aliphatic carbocycles. The van der Waals surface area contributed by atoms with E-state index in [4.69, 9.17) is 0 Å². The average molecular weight is 577 g/mol. The van der Waals surface area contributed by atoms with E-state index in [2.05, 4.69) is 56.8 Å². The summed E-state index contributed by atoms with van der Waals surface area (Å²) >= 11 is 4.22. The largest absolute Gasteiger partial charge is 0.241 e. The molecular weight excluding hydrogens is 548 g/mol. The Morgan fingerprint density at radius 3 is 2.00 bits per heavy atom. The molecule has 0 bridgehead atoms. The van der Waals surface area contributed by atoms with Gasteiger partial charge in [0, 0.05) is 13.7 Å². The Kier molecular flexibility index (Phi) is 12.1. The summed E-state index contributed by atoms with van der Waals surface area (Å²) in [7, 11) is -3.39. The predicted octanol–water partition coefficient (Wildman–Crippen LogP) is 6.10. The van der Waals surface area contributed by atoms with E-state index in [1.54, 1.807) is 6.07 Å². The minimum Gasteiger partial charge on any atom is -0.211 e. The van der Waals surface area contributed by atoms with Crippen LogP contribution in [0.2, 0.25) is 0 Å². The molecule has 1 aromatic rings. The second-order valence-electron chi connectivity index (χ2n) is 6.15. The third-order valence-corrected chi connectivity index (χ3v) is 7.48. The van der Waals surface area contributed by atoms with Crippen LogP contribution in [0.3, 0.4) is 0 Å². The number of sulfonamides is 1.